The number of guanidine groups is 1. The van der Waals surface area contributed by atoms with Gasteiger partial charge in [-0.2, -0.15) is 0 Å². The van der Waals surface area contributed by atoms with Crippen LogP contribution in [0.2, 0.25) is 0 Å². The number of anilines is 1. The Morgan fingerprint density at radius 3 is 2.32 bits per heavy atom. The average Bonchev–Trinajstić information content (AvgIpc) is 2.68. The van der Waals surface area contributed by atoms with Gasteiger partial charge in [0.15, 0.2) is 5.96 Å². The van der Waals surface area contributed by atoms with Crippen molar-refractivity contribution in [2.24, 2.45) is 10.7 Å². The van der Waals surface area contributed by atoms with Gasteiger partial charge in [-0.1, -0.05) is 42.5 Å². The second-order valence-corrected chi connectivity index (χ2v) is 8.07. The van der Waals surface area contributed by atoms with E-state index >= 15 is 0 Å². The molecule has 0 aliphatic carbocycles. The van der Waals surface area contributed by atoms with Gasteiger partial charge in [0.05, 0.1) is 13.2 Å². The number of benzene rings is 2. The summed E-state index contributed by atoms with van der Waals surface area (Å²) in [5.41, 5.74) is 9.45. The number of rotatable bonds is 7. The highest BCUT2D eigenvalue weighted by atomic mass is 127. The highest BCUT2D eigenvalue weighted by Gasteiger charge is 2.19. The molecule has 2 aromatic carbocycles. The minimum atomic E-state index is -0.509. The lowest BCUT2D eigenvalue weighted by molar-refractivity contribution is 0.0285. The number of nitrogens with one attached hydrogen (secondary N) is 1. The van der Waals surface area contributed by atoms with Crippen LogP contribution in [0.15, 0.2) is 53.5 Å². The van der Waals surface area contributed by atoms with Gasteiger partial charge >= 0.3 is 6.09 Å². The standard InChI is InChI=1S/C23H32N4O3.HI/c1-23(2,3)30-22(28)27(4)15-18-12-10-17(11-13-18)14-25-21(24)26-20-9-7-6-8-19(20)16-29-5;/h6-13H,14-16H2,1-5H3,(H3,24,25,26);1H. The van der Waals surface area contributed by atoms with Gasteiger partial charge in [-0.15, -0.1) is 24.0 Å². The van der Waals surface area contributed by atoms with E-state index in [9.17, 15) is 4.79 Å². The summed E-state index contributed by atoms with van der Waals surface area (Å²) in [6, 6.07) is 15.7. The molecule has 0 heterocycles. The molecule has 0 aliphatic heterocycles. The lowest BCUT2D eigenvalue weighted by Gasteiger charge is -2.24. The highest BCUT2D eigenvalue weighted by Crippen LogP contribution is 2.16. The summed E-state index contributed by atoms with van der Waals surface area (Å²) in [6.07, 6.45) is -0.344. The predicted molar refractivity (Wildman–Crippen MR) is 136 cm³/mol. The van der Waals surface area contributed by atoms with Crippen molar-refractivity contribution < 1.29 is 14.3 Å². The molecule has 3 N–H and O–H groups in total. The molecule has 0 atom stereocenters. The summed E-state index contributed by atoms with van der Waals surface area (Å²) >= 11 is 0. The maximum atomic E-state index is 12.1. The van der Waals surface area contributed by atoms with E-state index in [4.69, 9.17) is 15.2 Å². The Hall–Kier alpha value is -2.33. The van der Waals surface area contributed by atoms with E-state index in [1.807, 2.05) is 69.3 Å². The maximum absolute atomic E-state index is 12.1. The summed E-state index contributed by atoms with van der Waals surface area (Å²) in [6.45, 7) is 6.97. The molecule has 2 aromatic rings. The largest absolute Gasteiger partial charge is 0.444 e. The zero-order chi connectivity index (χ0) is 22.1. The topological polar surface area (TPSA) is 89.2 Å². The smallest absolute Gasteiger partial charge is 0.410 e. The first kappa shape index (κ1) is 26.7. The first-order chi connectivity index (χ1) is 14.2. The van der Waals surface area contributed by atoms with Crippen molar-refractivity contribution in [1.29, 1.82) is 0 Å². The van der Waals surface area contributed by atoms with Crippen LogP contribution in [0.25, 0.3) is 0 Å². The van der Waals surface area contributed by atoms with Gasteiger partial charge in [0, 0.05) is 32.0 Å². The van der Waals surface area contributed by atoms with Crippen molar-refractivity contribution in [2.75, 3.05) is 19.5 Å². The summed E-state index contributed by atoms with van der Waals surface area (Å²) in [4.78, 5) is 18.0. The third kappa shape index (κ3) is 9.56. The average molecular weight is 540 g/mol. The highest BCUT2D eigenvalue weighted by molar-refractivity contribution is 14.0. The van der Waals surface area contributed by atoms with Crippen LogP contribution in [-0.2, 0) is 29.2 Å². The first-order valence-corrected chi connectivity index (χ1v) is 9.83. The molecule has 7 nitrogen and oxygen atoms in total. The van der Waals surface area contributed by atoms with E-state index in [0.717, 1.165) is 22.4 Å². The maximum Gasteiger partial charge on any atom is 0.410 e. The van der Waals surface area contributed by atoms with Gasteiger partial charge < -0.3 is 25.4 Å². The first-order valence-electron chi connectivity index (χ1n) is 9.83. The van der Waals surface area contributed by atoms with Crippen molar-refractivity contribution in [3.8, 4) is 0 Å². The Bertz CT molecular complexity index is 864. The van der Waals surface area contributed by atoms with Crippen molar-refractivity contribution in [3.63, 3.8) is 0 Å². The van der Waals surface area contributed by atoms with Crippen molar-refractivity contribution in [3.05, 3.63) is 65.2 Å². The molecule has 0 radical (unpaired) electrons. The minimum absolute atomic E-state index is 0. The Kier molecular flexibility index (Phi) is 10.8. The van der Waals surface area contributed by atoms with Crippen molar-refractivity contribution in [1.82, 2.24) is 4.90 Å². The number of nitrogens with two attached hydrogens (primary N) is 1. The zero-order valence-corrected chi connectivity index (χ0v) is 21.2. The Morgan fingerprint density at radius 2 is 1.71 bits per heavy atom. The van der Waals surface area contributed by atoms with Crippen LogP contribution >= 0.6 is 24.0 Å². The normalized spacial score (nSPS) is 11.5. The number of hydrogen-bond donors (Lipinski definition) is 2. The van der Waals surface area contributed by atoms with E-state index in [1.165, 1.54) is 0 Å². The Morgan fingerprint density at radius 1 is 1.10 bits per heavy atom. The number of ether oxygens (including phenoxy) is 2. The molecule has 0 saturated heterocycles. The van der Waals surface area contributed by atoms with E-state index in [1.54, 1.807) is 19.1 Å². The molecule has 0 aliphatic rings. The molecule has 1 amide bonds. The van der Waals surface area contributed by atoms with Gasteiger partial charge in [0.1, 0.15) is 5.60 Å². The lowest BCUT2D eigenvalue weighted by atomic mass is 10.1. The lowest BCUT2D eigenvalue weighted by Crippen LogP contribution is -2.33. The SMILES string of the molecule is COCc1ccccc1NC(N)=NCc1ccc(CN(C)C(=O)OC(C)(C)C)cc1.I. The summed E-state index contributed by atoms with van der Waals surface area (Å²) < 4.78 is 10.6. The summed E-state index contributed by atoms with van der Waals surface area (Å²) in [7, 11) is 3.38. The predicted octanol–water partition coefficient (Wildman–Crippen LogP) is 4.74. The number of para-hydroxylation sites is 1. The molecular formula is C23H33IN4O3. The van der Waals surface area contributed by atoms with Gasteiger partial charge in [0.2, 0.25) is 0 Å². The molecular weight excluding hydrogens is 507 g/mol. The van der Waals surface area contributed by atoms with Crippen LogP contribution in [0.4, 0.5) is 10.5 Å². The third-order valence-corrected chi connectivity index (χ3v) is 4.16. The number of hydrogen-bond acceptors (Lipinski definition) is 4. The number of aliphatic imine (C=N–C) groups is 1. The van der Waals surface area contributed by atoms with Gasteiger partial charge in [-0.25, -0.2) is 9.79 Å². The quantitative estimate of drug-likeness (QED) is 0.301. The monoisotopic (exact) mass is 540 g/mol. The van der Waals surface area contributed by atoms with Crippen LogP contribution in [0.3, 0.4) is 0 Å². The molecule has 0 aromatic heterocycles. The molecule has 0 fully saturated rings. The third-order valence-electron chi connectivity index (χ3n) is 4.16. The summed E-state index contributed by atoms with van der Waals surface area (Å²) in [5.74, 6) is 0.340. The molecule has 170 valence electrons. The van der Waals surface area contributed by atoms with E-state index < -0.39 is 5.60 Å². The van der Waals surface area contributed by atoms with Crippen molar-refractivity contribution >= 4 is 41.7 Å². The second kappa shape index (κ2) is 12.5. The molecule has 0 unspecified atom stereocenters. The fourth-order valence-corrected chi connectivity index (χ4v) is 2.71. The van der Waals surface area contributed by atoms with Gasteiger partial charge in [-0.05, 0) is 38.0 Å². The van der Waals surface area contributed by atoms with Gasteiger partial charge in [-0.3, -0.25) is 0 Å². The fourth-order valence-electron chi connectivity index (χ4n) is 2.71. The molecule has 0 bridgehead atoms. The van der Waals surface area contributed by atoms with Crippen LogP contribution in [0.5, 0.6) is 0 Å². The van der Waals surface area contributed by atoms with Crippen LogP contribution in [0.1, 0.15) is 37.5 Å². The summed E-state index contributed by atoms with van der Waals surface area (Å²) in [5, 5.41) is 3.12. The molecule has 8 heteroatoms. The van der Waals surface area contributed by atoms with E-state index in [0.29, 0.717) is 25.7 Å². The number of nitrogens with zero attached hydrogens (tertiary/aromatic N) is 2. The molecule has 0 spiro atoms. The molecule has 2 rings (SSSR count). The minimum Gasteiger partial charge on any atom is -0.444 e. The number of carbonyl (C=O) groups excluding carboxylic acids is 1. The van der Waals surface area contributed by atoms with Crippen molar-refractivity contribution in [2.45, 2.75) is 46.1 Å². The molecule has 0 saturated carbocycles. The number of amides is 1. The van der Waals surface area contributed by atoms with Crippen LogP contribution in [0, 0.1) is 0 Å². The van der Waals surface area contributed by atoms with E-state index in [2.05, 4.69) is 10.3 Å². The Labute approximate surface area is 202 Å². The molecule has 31 heavy (non-hydrogen) atoms. The van der Waals surface area contributed by atoms with E-state index in [-0.39, 0.29) is 30.1 Å². The fraction of sp³-hybridized carbons (Fsp3) is 0.391. The Balaban J connectivity index is 0.00000480. The number of carbonyl (C=O) groups is 1. The zero-order valence-electron chi connectivity index (χ0n) is 18.8. The van der Waals surface area contributed by atoms with Crippen LogP contribution in [-0.4, -0.2) is 36.7 Å². The second-order valence-electron chi connectivity index (χ2n) is 8.07. The van der Waals surface area contributed by atoms with Gasteiger partial charge in [0.25, 0.3) is 0 Å². The number of halogens is 1. The van der Waals surface area contributed by atoms with Crippen LogP contribution < -0.4 is 11.1 Å². The number of methoxy groups -OCH3 is 1.